The number of piperidine rings is 1. The first-order valence-electron chi connectivity index (χ1n) is 8.35. The highest BCUT2D eigenvalue weighted by Crippen LogP contribution is 2.10. The van der Waals surface area contributed by atoms with Crippen molar-refractivity contribution < 1.29 is 4.52 Å². The molecule has 1 aliphatic rings. The van der Waals surface area contributed by atoms with Crippen molar-refractivity contribution in [3.05, 3.63) is 52.3 Å². The first kappa shape index (κ1) is 18.5. The zero-order valence-corrected chi connectivity index (χ0v) is 14.6. The van der Waals surface area contributed by atoms with Crippen LogP contribution in [-0.2, 0) is 6.54 Å². The summed E-state index contributed by atoms with van der Waals surface area (Å²) in [6.45, 7) is 4.03. The fraction of sp³-hybridized carbons (Fsp3) is 0.444. The molecule has 2 aromatic rings. The van der Waals surface area contributed by atoms with Gasteiger partial charge in [-0.05, 0) is 50.5 Å². The Morgan fingerprint density at radius 2 is 1.79 bits per heavy atom. The van der Waals surface area contributed by atoms with Gasteiger partial charge < -0.3 is 4.90 Å². The van der Waals surface area contributed by atoms with Crippen LogP contribution in [0.25, 0.3) is 12.2 Å². The van der Waals surface area contributed by atoms with Crippen molar-refractivity contribution in [2.75, 3.05) is 19.6 Å². The minimum atomic E-state index is -0.378. The zero-order valence-electron chi connectivity index (χ0n) is 13.8. The summed E-state index contributed by atoms with van der Waals surface area (Å²) < 4.78 is 6.43. The van der Waals surface area contributed by atoms with Gasteiger partial charge in [-0.3, -0.25) is 9.09 Å². The smallest absolute Gasteiger partial charge is 0.303 e. The fourth-order valence-corrected chi connectivity index (χ4v) is 2.97. The maximum Gasteiger partial charge on any atom is 0.441 e. The van der Waals surface area contributed by atoms with Crippen LogP contribution in [0.4, 0.5) is 0 Å². The average Bonchev–Trinajstić information content (AvgIpc) is 2.95. The van der Waals surface area contributed by atoms with E-state index in [-0.39, 0.29) is 18.2 Å². The van der Waals surface area contributed by atoms with Crippen molar-refractivity contribution >= 4 is 24.6 Å². The molecule has 0 radical (unpaired) electrons. The van der Waals surface area contributed by atoms with Gasteiger partial charge in [-0.25, -0.2) is 4.79 Å². The molecule has 0 unspecified atom stereocenters. The summed E-state index contributed by atoms with van der Waals surface area (Å²) in [4.78, 5) is 14.3. The highest BCUT2D eigenvalue weighted by atomic mass is 35.5. The Labute approximate surface area is 148 Å². The molecular weight excluding hydrogens is 326 g/mol. The summed E-state index contributed by atoms with van der Waals surface area (Å²) in [7, 11) is 0. The summed E-state index contributed by atoms with van der Waals surface area (Å²) in [5, 5.41) is 3.87. The molecule has 5 nitrogen and oxygen atoms in total. The molecule has 3 rings (SSSR count). The van der Waals surface area contributed by atoms with E-state index in [1.54, 1.807) is 4.57 Å². The normalized spacial score (nSPS) is 15.5. The quantitative estimate of drug-likeness (QED) is 0.802. The molecule has 0 N–H and O–H groups in total. The Hall–Kier alpha value is -1.85. The van der Waals surface area contributed by atoms with Gasteiger partial charge in [0, 0.05) is 6.54 Å². The average molecular weight is 350 g/mol. The molecule has 0 atom stereocenters. The third kappa shape index (κ3) is 5.08. The zero-order chi connectivity index (χ0) is 15.9. The number of hydrogen-bond acceptors (Lipinski definition) is 4. The van der Waals surface area contributed by atoms with Gasteiger partial charge in [0.15, 0.2) is 5.82 Å². The molecule has 1 aliphatic heterocycles. The molecule has 0 aliphatic carbocycles. The number of nitrogens with zero attached hydrogens (tertiary/aromatic N) is 3. The van der Waals surface area contributed by atoms with E-state index < -0.39 is 0 Å². The third-order valence-electron chi connectivity index (χ3n) is 4.24. The lowest BCUT2D eigenvalue weighted by Crippen LogP contribution is -2.31. The Balaban J connectivity index is 0.00000208. The molecule has 1 fully saturated rings. The third-order valence-corrected chi connectivity index (χ3v) is 4.24. The molecule has 6 heteroatoms. The van der Waals surface area contributed by atoms with Gasteiger partial charge in [0.1, 0.15) is 0 Å². The second kappa shape index (κ2) is 9.45. The van der Waals surface area contributed by atoms with E-state index in [2.05, 4.69) is 10.1 Å². The van der Waals surface area contributed by atoms with Crippen LogP contribution < -0.4 is 5.76 Å². The van der Waals surface area contributed by atoms with Gasteiger partial charge in [0.05, 0.1) is 0 Å². The van der Waals surface area contributed by atoms with Crippen molar-refractivity contribution in [3.8, 4) is 0 Å². The minimum absolute atomic E-state index is 0. The van der Waals surface area contributed by atoms with Crippen molar-refractivity contribution in [2.45, 2.75) is 32.2 Å². The maximum atomic E-state index is 11.8. The molecule has 0 bridgehead atoms. The first-order chi connectivity index (χ1) is 11.3. The topological polar surface area (TPSA) is 51.3 Å². The van der Waals surface area contributed by atoms with Gasteiger partial charge in [0.25, 0.3) is 0 Å². The summed E-state index contributed by atoms with van der Waals surface area (Å²) in [6.07, 6.45) is 8.64. The van der Waals surface area contributed by atoms with E-state index in [1.165, 1.54) is 32.4 Å². The van der Waals surface area contributed by atoms with Gasteiger partial charge in [0.2, 0.25) is 0 Å². The Morgan fingerprint density at radius 1 is 1.04 bits per heavy atom. The molecule has 1 aromatic carbocycles. The molecule has 1 saturated heterocycles. The van der Waals surface area contributed by atoms with Crippen LogP contribution in [0.15, 0.2) is 39.6 Å². The predicted octanol–water partition coefficient (Wildman–Crippen LogP) is 3.30. The largest absolute Gasteiger partial charge is 0.441 e. The van der Waals surface area contributed by atoms with E-state index in [9.17, 15) is 4.79 Å². The van der Waals surface area contributed by atoms with E-state index in [0.29, 0.717) is 12.4 Å². The molecule has 24 heavy (non-hydrogen) atoms. The SMILES string of the molecule is Cl.O=c1onc(/C=C/c2ccccc2)n1CCCN1CCCCC1. The standard InChI is InChI=1S/C18H23N3O2.ClH/c22-18-21(15-7-14-20-12-5-2-6-13-20)17(19-23-18)11-10-16-8-3-1-4-9-16;/h1,3-4,8-11H,2,5-7,12-15H2;1H/b11-10+;. The molecule has 0 spiro atoms. The van der Waals surface area contributed by atoms with Gasteiger partial charge in [-0.2, -0.15) is 0 Å². The van der Waals surface area contributed by atoms with Gasteiger partial charge in [-0.15, -0.1) is 12.4 Å². The van der Waals surface area contributed by atoms with Crippen molar-refractivity contribution in [1.29, 1.82) is 0 Å². The molecular formula is C18H24ClN3O2. The van der Waals surface area contributed by atoms with Crippen LogP contribution in [0, 0.1) is 0 Å². The van der Waals surface area contributed by atoms with Crippen molar-refractivity contribution in [1.82, 2.24) is 14.6 Å². The number of aromatic nitrogens is 2. The predicted molar refractivity (Wildman–Crippen MR) is 98.3 cm³/mol. The Bertz CT molecular complexity index is 688. The van der Waals surface area contributed by atoms with E-state index in [4.69, 9.17) is 4.52 Å². The van der Waals surface area contributed by atoms with Gasteiger partial charge >= 0.3 is 5.76 Å². The van der Waals surface area contributed by atoms with Crippen LogP contribution in [0.3, 0.4) is 0 Å². The highest BCUT2D eigenvalue weighted by Gasteiger charge is 2.11. The molecule has 0 saturated carbocycles. The summed E-state index contributed by atoms with van der Waals surface area (Å²) in [5.41, 5.74) is 1.07. The van der Waals surface area contributed by atoms with Crippen molar-refractivity contribution in [3.63, 3.8) is 0 Å². The lowest BCUT2D eigenvalue weighted by atomic mass is 10.1. The summed E-state index contributed by atoms with van der Waals surface area (Å²) in [5.74, 6) is 0.203. The minimum Gasteiger partial charge on any atom is -0.303 e. The number of hydrogen-bond donors (Lipinski definition) is 0. The number of likely N-dealkylation sites (tertiary alicyclic amines) is 1. The molecule has 1 aromatic heterocycles. The van der Waals surface area contributed by atoms with E-state index in [0.717, 1.165) is 18.5 Å². The summed E-state index contributed by atoms with van der Waals surface area (Å²) >= 11 is 0. The van der Waals surface area contributed by atoms with Crippen LogP contribution in [-0.4, -0.2) is 34.3 Å². The van der Waals surface area contributed by atoms with Gasteiger partial charge in [-0.1, -0.05) is 48.0 Å². The highest BCUT2D eigenvalue weighted by molar-refractivity contribution is 5.85. The van der Waals surface area contributed by atoms with E-state index >= 15 is 0 Å². The summed E-state index contributed by atoms with van der Waals surface area (Å²) in [6, 6.07) is 9.96. The molecule has 2 heterocycles. The second-order valence-corrected chi connectivity index (χ2v) is 5.96. The number of halogens is 1. The lowest BCUT2D eigenvalue weighted by molar-refractivity contribution is 0.222. The monoisotopic (exact) mass is 349 g/mol. The second-order valence-electron chi connectivity index (χ2n) is 5.96. The Kier molecular flexibility index (Phi) is 7.28. The van der Waals surface area contributed by atoms with Crippen LogP contribution in [0.2, 0.25) is 0 Å². The number of benzene rings is 1. The van der Waals surface area contributed by atoms with Crippen LogP contribution in [0.1, 0.15) is 37.1 Å². The number of rotatable bonds is 6. The Morgan fingerprint density at radius 3 is 2.54 bits per heavy atom. The lowest BCUT2D eigenvalue weighted by Gasteiger charge is -2.26. The van der Waals surface area contributed by atoms with Crippen LogP contribution in [0.5, 0.6) is 0 Å². The molecule has 130 valence electrons. The molecule has 0 amide bonds. The fourth-order valence-electron chi connectivity index (χ4n) is 2.97. The van der Waals surface area contributed by atoms with Crippen LogP contribution >= 0.6 is 12.4 Å². The van der Waals surface area contributed by atoms with E-state index in [1.807, 2.05) is 42.5 Å². The van der Waals surface area contributed by atoms with Crippen molar-refractivity contribution in [2.24, 2.45) is 0 Å². The first-order valence-corrected chi connectivity index (χ1v) is 8.35. The maximum absolute atomic E-state index is 11.8.